The highest BCUT2D eigenvalue weighted by molar-refractivity contribution is 5.82. The normalized spacial score (nSPS) is 14.1. The molecule has 1 unspecified atom stereocenters. The molecule has 0 saturated heterocycles. The van der Waals surface area contributed by atoms with Gasteiger partial charge in [-0.2, -0.15) is 0 Å². The number of aliphatic carboxylic acids is 1. The Balaban J connectivity index is 4.13. The standard InChI is InChI=1S/C12H24N2O4/c1-8(2)7-10(11(15)16)14-12(17)13-9(3)5-6-18-4/h8-10H,5-7H2,1-4H3,(H,15,16)(H2,13,14,17)/t9?,10-/m1/s1. The van der Waals surface area contributed by atoms with E-state index >= 15 is 0 Å². The van der Waals surface area contributed by atoms with Crippen molar-refractivity contribution < 1.29 is 19.4 Å². The number of methoxy groups -OCH3 is 1. The highest BCUT2D eigenvalue weighted by Crippen LogP contribution is 2.04. The minimum Gasteiger partial charge on any atom is -0.480 e. The third-order valence-corrected chi connectivity index (χ3v) is 2.44. The van der Waals surface area contributed by atoms with E-state index in [0.29, 0.717) is 19.4 Å². The monoisotopic (exact) mass is 260 g/mol. The van der Waals surface area contributed by atoms with Crippen molar-refractivity contribution in [2.45, 2.75) is 45.7 Å². The molecular formula is C12H24N2O4. The summed E-state index contributed by atoms with van der Waals surface area (Å²) in [5, 5.41) is 14.1. The van der Waals surface area contributed by atoms with Gasteiger partial charge in [0.15, 0.2) is 0 Å². The molecule has 0 aromatic heterocycles. The summed E-state index contributed by atoms with van der Waals surface area (Å²) in [6.07, 6.45) is 1.10. The van der Waals surface area contributed by atoms with Crippen LogP contribution in [0.4, 0.5) is 4.79 Å². The molecule has 6 nitrogen and oxygen atoms in total. The van der Waals surface area contributed by atoms with Crippen molar-refractivity contribution in [3.05, 3.63) is 0 Å². The Kier molecular flexibility index (Phi) is 8.11. The number of ether oxygens (including phenoxy) is 1. The maximum Gasteiger partial charge on any atom is 0.326 e. The molecule has 0 aliphatic rings. The first-order chi connectivity index (χ1) is 8.36. The van der Waals surface area contributed by atoms with Crippen molar-refractivity contribution in [1.82, 2.24) is 10.6 Å². The first-order valence-electron chi connectivity index (χ1n) is 6.15. The van der Waals surface area contributed by atoms with Crippen LogP contribution >= 0.6 is 0 Å². The third kappa shape index (κ3) is 7.89. The minimum atomic E-state index is -1.01. The fourth-order valence-corrected chi connectivity index (χ4v) is 1.48. The quantitative estimate of drug-likeness (QED) is 0.612. The number of amides is 2. The van der Waals surface area contributed by atoms with Crippen molar-refractivity contribution in [3.63, 3.8) is 0 Å². The molecule has 0 aliphatic heterocycles. The van der Waals surface area contributed by atoms with E-state index in [2.05, 4.69) is 10.6 Å². The Morgan fingerprint density at radius 1 is 1.22 bits per heavy atom. The average molecular weight is 260 g/mol. The van der Waals surface area contributed by atoms with Gasteiger partial charge in [0, 0.05) is 19.8 Å². The Labute approximate surface area is 108 Å². The first-order valence-corrected chi connectivity index (χ1v) is 6.15. The zero-order valence-corrected chi connectivity index (χ0v) is 11.5. The lowest BCUT2D eigenvalue weighted by molar-refractivity contribution is -0.139. The zero-order valence-electron chi connectivity index (χ0n) is 11.5. The summed E-state index contributed by atoms with van der Waals surface area (Å²) in [7, 11) is 1.59. The van der Waals surface area contributed by atoms with Crippen molar-refractivity contribution in [2.24, 2.45) is 5.92 Å². The van der Waals surface area contributed by atoms with Crippen LogP contribution in [0, 0.1) is 5.92 Å². The fraction of sp³-hybridized carbons (Fsp3) is 0.833. The number of nitrogens with one attached hydrogen (secondary N) is 2. The highest BCUT2D eigenvalue weighted by Gasteiger charge is 2.21. The van der Waals surface area contributed by atoms with E-state index in [1.54, 1.807) is 7.11 Å². The molecule has 2 amide bonds. The van der Waals surface area contributed by atoms with Crippen LogP contribution in [0.1, 0.15) is 33.6 Å². The summed E-state index contributed by atoms with van der Waals surface area (Å²) in [6, 6.07) is -1.36. The maximum atomic E-state index is 11.6. The van der Waals surface area contributed by atoms with E-state index in [0.717, 1.165) is 0 Å². The number of hydrogen-bond acceptors (Lipinski definition) is 3. The molecule has 0 aliphatic carbocycles. The molecule has 0 rings (SSSR count). The number of carboxylic acid groups (broad SMARTS) is 1. The molecule has 0 aromatic carbocycles. The lowest BCUT2D eigenvalue weighted by Gasteiger charge is -2.19. The first kappa shape index (κ1) is 16.7. The zero-order chi connectivity index (χ0) is 14.1. The number of urea groups is 1. The van der Waals surface area contributed by atoms with Gasteiger partial charge in [0.2, 0.25) is 0 Å². The molecule has 0 aromatic rings. The second-order valence-electron chi connectivity index (χ2n) is 4.82. The van der Waals surface area contributed by atoms with E-state index in [1.165, 1.54) is 0 Å². The van der Waals surface area contributed by atoms with Crippen LogP contribution in [0.5, 0.6) is 0 Å². The van der Waals surface area contributed by atoms with Gasteiger partial charge in [-0.15, -0.1) is 0 Å². The van der Waals surface area contributed by atoms with E-state index < -0.39 is 18.0 Å². The summed E-state index contributed by atoms with van der Waals surface area (Å²) in [4.78, 5) is 22.6. The Morgan fingerprint density at radius 2 is 1.83 bits per heavy atom. The lowest BCUT2D eigenvalue weighted by atomic mass is 10.0. The van der Waals surface area contributed by atoms with E-state index in [1.807, 2.05) is 20.8 Å². The summed E-state index contributed by atoms with van der Waals surface area (Å²) < 4.78 is 4.90. The van der Waals surface area contributed by atoms with Gasteiger partial charge in [-0.3, -0.25) is 0 Å². The Morgan fingerprint density at radius 3 is 2.28 bits per heavy atom. The van der Waals surface area contributed by atoms with Crippen LogP contribution in [0.25, 0.3) is 0 Å². The number of carboxylic acids is 1. The predicted octanol–water partition coefficient (Wildman–Crippen LogP) is 1.21. The van der Waals surface area contributed by atoms with Crippen molar-refractivity contribution in [2.75, 3.05) is 13.7 Å². The summed E-state index contributed by atoms with van der Waals surface area (Å²) >= 11 is 0. The molecule has 0 spiro atoms. The maximum absolute atomic E-state index is 11.6. The predicted molar refractivity (Wildman–Crippen MR) is 68.5 cm³/mol. The molecule has 0 bridgehead atoms. The van der Waals surface area contributed by atoms with E-state index in [-0.39, 0.29) is 12.0 Å². The highest BCUT2D eigenvalue weighted by atomic mass is 16.5. The van der Waals surface area contributed by atoms with Crippen LogP contribution in [0.15, 0.2) is 0 Å². The molecule has 0 saturated carbocycles. The van der Waals surface area contributed by atoms with E-state index in [4.69, 9.17) is 9.84 Å². The summed E-state index contributed by atoms with van der Waals surface area (Å²) in [6.45, 7) is 6.22. The largest absolute Gasteiger partial charge is 0.480 e. The second-order valence-corrected chi connectivity index (χ2v) is 4.82. The van der Waals surface area contributed by atoms with Crippen molar-refractivity contribution in [3.8, 4) is 0 Å². The van der Waals surface area contributed by atoms with Crippen LogP contribution < -0.4 is 10.6 Å². The molecule has 18 heavy (non-hydrogen) atoms. The molecule has 0 heterocycles. The smallest absolute Gasteiger partial charge is 0.326 e. The third-order valence-electron chi connectivity index (χ3n) is 2.44. The van der Waals surface area contributed by atoms with Crippen LogP contribution in [-0.2, 0) is 9.53 Å². The number of carbonyl (C=O) groups excluding carboxylic acids is 1. The SMILES string of the molecule is COCCC(C)NC(=O)N[C@H](CC(C)C)C(=O)O. The summed E-state index contributed by atoms with van der Waals surface area (Å²) in [5.74, 6) is -0.805. The van der Waals surface area contributed by atoms with Crippen LogP contribution in [-0.4, -0.2) is 42.9 Å². The van der Waals surface area contributed by atoms with Gasteiger partial charge in [-0.25, -0.2) is 9.59 Å². The number of carbonyl (C=O) groups is 2. The van der Waals surface area contributed by atoms with Gasteiger partial charge in [0.1, 0.15) is 6.04 Å². The van der Waals surface area contributed by atoms with Gasteiger partial charge in [0.25, 0.3) is 0 Å². The molecule has 3 N–H and O–H groups in total. The van der Waals surface area contributed by atoms with E-state index in [9.17, 15) is 9.59 Å². The van der Waals surface area contributed by atoms with Crippen molar-refractivity contribution >= 4 is 12.0 Å². The molecular weight excluding hydrogens is 236 g/mol. The van der Waals surface area contributed by atoms with Gasteiger partial charge in [-0.1, -0.05) is 13.8 Å². The van der Waals surface area contributed by atoms with Gasteiger partial charge in [0.05, 0.1) is 0 Å². The fourth-order valence-electron chi connectivity index (χ4n) is 1.48. The number of hydrogen-bond donors (Lipinski definition) is 3. The lowest BCUT2D eigenvalue weighted by Crippen LogP contribution is -2.49. The molecule has 106 valence electrons. The Hall–Kier alpha value is -1.30. The van der Waals surface area contributed by atoms with Crippen LogP contribution in [0.3, 0.4) is 0 Å². The van der Waals surface area contributed by atoms with Crippen molar-refractivity contribution in [1.29, 1.82) is 0 Å². The number of rotatable bonds is 8. The molecule has 0 radical (unpaired) electrons. The Bertz CT molecular complexity index is 269. The van der Waals surface area contributed by atoms with Gasteiger partial charge in [-0.05, 0) is 25.7 Å². The second kappa shape index (κ2) is 8.74. The van der Waals surface area contributed by atoms with Gasteiger partial charge < -0.3 is 20.5 Å². The van der Waals surface area contributed by atoms with Gasteiger partial charge >= 0.3 is 12.0 Å². The summed E-state index contributed by atoms with van der Waals surface area (Å²) in [5.41, 5.74) is 0. The molecule has 6 heteroatoms. The topological polar surface area (TPSA) is 87.7 Å². The van der Waals surface area contributed by atoms with Crippen LogP contribution in [0.2, 0.25) is 0 Å². The minimum absolute atomic E-state index is 0.0570. The average Bonchev–Trinajstić information content (AvgIpc) is 2.24. The molecule has 0 fully saturated rings. The molecule has 2 atom stereocenters.